The van der Waals surface area contributed by atoms with Crippen LogP contribution in [0.15, 0.2) is 4.52 Å². The Balaban J connectivity index is 2.83. The van der Waals surface area contributed by atoms with Gasteiger partial charge in [0.25, 0.3) is 0 Å². The quantitative estimate of drug-likeness (QED) is 0.491. The van der Waals surface area contributed by atoms with Crippen molar-refractivity contribution in [2.75, 3.05) is 6.54 Å². The summed E-state index contributed by atoms with van der Waals surface area (Å²) in [7, 11) is 0. The third-order valence-corrected chi connectivity index (χ3v) is 1.38. The maximum atomic E-state index is 5.57. The predicted molar refractivity (Wildman–Crippen MR) is 38.2 cm³/mol. The number of nitrogens with zero attached hydrogens (tertiary/aromatic N) is 2. The molecule has 0 aromatic carbocycles. The standard InChI is InChI=1S/C5H11N5O/c6-1-3(8)5-4(2-7)11-10-9-5/h3H,1-2,6-8H2. The zero-order chi connectivity index (χ0) is 8.27. The first-order valence-corrected chi connectivity index (χ1v) is 3.26. The molecule has 0 spiro atoms. The average Bonchev–Trinajstić information content (AvgIpc) is 2.50. The van der Waals surface area contributed by atoms with Crippen molar-refractivity contribution < 1.29 is 4.52 Å². The third kappa shape index (κ3) is 1.53. The van der Waals surface area contributed by atoms with Gasteiger partial charge in [-0.1, -0.05) is 0 Å². The summed E-state index contributed by atoms with van der Waals surface area (Å²) in [5.74, 6) is 0.503. The fourth-order valence-electron chi connectivity index (χ4n) is 0.751. The van der Waals surface area contributed by atoms with Crippen molar-refractivity contribution in [1.29, 1.82) is 0 Å². The van der Waals surface area contributed by atoms with Crippen LogP contribution in [0.25, 0.3) is 0 Å². The molecule has 0 radical (unpaired) electrons. The molecule has 1 atom stereocenters. The molecular formula is C5H11N5O. The fraction of sp³-hybridized carbons (Fsp3) is 0.600. The molecule has 0 aliphatic carbocycles. The summed E-state index contributed by atoms with van der Waals surface area (Å²) < 4.78 is 4.72. The van der Waals surface area contributed by atoms with E-state index < -0.39 is 0 Å². The number of rotatable bonds is 3. The monoisotopic (exact) mass is 157 g/mol. The Bertz CT molecular complexity index is 222. The molecule has 6 nitrogen and oxygen atoms in total. The van der Waals surface area contributed by atoms with Crippen molar-refractivity contribution in [1.82, 2.24) is 10.4 Å². The number of hydrogen-bond acceptors (Lipinski definition) is 6. The first kappa shape index (κ1) is 8.12. The van der Waals surface area contributed by atoms with E-state index in [1.165, 1.54) is 0 Å². The molecule has 0 amide bonds. The predicted octanol–water partition coefficient (Wildman–Crippen LogP) is -1.51. The Kier molecular flexibility index (Phi) is 2.53. The van der Waals surface area contributed by atoms with Gasteiger partial charge in [0.15, 0.2) is 5.76 Å². The normalized spacial score (nSPS) is 13.4. The highest BCUT2D eigenvalue weighted by Gasteiger charge is 2.14. The summed E-state index contributed by atoms with van der Waals surface area (Å²) in [6.07, 6.45) is 0. The highest BCUT2D eigenvalue weighted by Crippen LogP contribution is 2.10. The molecule has 11 heavy (non-hydrogen) atoms. The van der Waals surface area contributed by atoms with Crippen LogP contribution in [0, 0.1) is 0 Å². The number of nitrogens with two attached hydrogens (primary N) is 3. The second-order valence-corrected chi connectivity index (χ2v) is 2.13. The van der Waals surface area contributed by atoms with Crippen molar-refractivity contribution in [3.8, 4) is 0 Å². The summed E-state index contributed by atoms with van der Waals surface area (Å²) in [5, 5.41) is 6.98. The van der Waals surface area contributed by atoms with Crippen LogP contribution in [-0.2, 0) is 6.54 Å². The summed E-state index contributed by atoms with van der Waals surface area (Å²) in [6, 6.07) is -0.334. The van der Waals surface area contributed by atoms with E-state index in [0.29, 0.717) is 18.0 Å². The van der Waals surface area contributed by atoms with Crippen molar-refractivity contribution in [3.05, 3.63) is 11.5 Å². The summed E-state index contributed by atoms with van der Waals surface area (Å²) in [5.41, 5.74) is 16.8. The maximum Gasteiger partial charge on any atom is 0.175 e. The summed E-state index contributed by atoms with van der Waals surface area (Å²) >= 11 is 0. The molecule has 62 valence electrons. The van der Waals surface area contributed by atoms with Gasteiger partial charge in [-0.3, -0.25) is 0 Å². The molecule has 1 aromatic rings. The van der Waals surface area contributed by atoms with E-state index in [1.807, 2.05) is 0 Å². The molecule has 1 rings (SSSR count). The molecule has 0 saturated carbocycles. The second-order valence-electron chi connectivity index (χ2n) is 2.13. The van der Waals surface area contributed by atoms with Gasteiger partial charge in [0.1, 0.15) is 5.69 Å². The zero-order valence-electron chi connectivity index (χ0n) is 6.03. The van der Waals surface area contributed by atoms with Gasteiger partial charge >= 0.3 is 0 Å². The van der Waals surface area contributed by atoms with Gasteiger partial charge in [-0.15, -0.1) is 5.10 Å². The Hall–Kier alpha value is -0.980. The Morgan fingerprint density at radius 3 is 2.73 bits per heavy atom. The molecule has 0 bridgehead atoms. The molecule has 0 aliphatic heterocycles. The maximum absolute atomic E-state index is 5.57. The van der Waals surface area contributed by atoms with Crippen LogP contribution >= 0.6 is 0 Å². The number of hydrogen-bond donors (Lipinski definition) is 3. The molecule has 1 unspecified atom stereocenters. The molecular weight excluding hydrogens is 146 g/mol. The van der Waals surface area contributed by atoms with E-state index >= 15 is 0 Å². The SMILES string of the molecule is NCc1onnc1C(N)CN. The molecule has 1 aromatic heterocycles. The lowest BCUT2D eigenvalue weighted by Crippen LogP contribution is -2.22. The Morgan fingerprint density at radius 1 is 1.45 bits per heavy atom. The second kappa shape index (κ2) is 3.42. The molecule has 0 aliphatic rings. The lowest BCUT2D eigenvalue weighted by Gasteiger charge is -2.03. The minimum absolute atomic E-state index is 0.246. The Labute approximate surface area is 63.7 Å². The lowest BCUT2D eigenvalue weighted by atomic mass is 10.2. The van der Waals surface area contributed by atoms with Gasteiger partial charge < -0.3 is 21.7 Å². The van der Waals surface area contributed by atoms with Crippen molar-refractivity contribution in [2.45, 2.75) is 12.6 Å². The van der Waals surface area contributed by atoms with Crippen LogP contribution in [-0.4, -0.2) is 16.9 Å². The Morgan fingerprint density at radius 2 is 2.18 bits per heavy atom. The first-order chi connectivity index (χ1) is 5.29. The van der Waals surface area contributed by atoms with E-state index in [1.54, 1.807) is 0 Å². The van der Waals surface area contributed by atoms with Crippen LogP contribution in [0.4, 0.5) is 0 Å². The van der Waals surface area contributed by atoms with Crippen LogP contribution in [0.2, 0.25) is 0 Å². The molecule has 0 fully saturated rings. The smallest absolute Gasteiger partial charge is 0.175 e. The van der Waals surface area contributed by atoms with Crippen LogP contribution < -0.4 is 17.2 Å². The minimum Gasteiger partial charge on any atom is -0.340 e. The number of aromatic nitrogens is 2. The first-order valence-electron chi connectivity index (χ1n) is 3.26. The van der Waals surface area contributed by atoms with Gasteiger partial charge in [0.05, 0.1) is 12.6 Å². The highest BCUT2D eigenvalue weighted by molar-refractivity contribution is 5.09. The summed E-state index contributed by atoms with van der Waals surface area (Å²) in [6.45, 7) is 0.553. The third-order valence-electron chi connectivity index (χ3n) is 1.38. The average molecular weight is 157 g/mol. The van der Waals surface area contributed by atoms with Crippen molar-refractivity contribution in [2.24, 2.45) is 17.2 Å². The van der Waals surface area contributed by atoms with Crippen molar-refractivity contribution >= 4 is 0 Å². The van der Waals surface area contributed by atoms with Gasteiger partial charge in [-0.25, -0.2) is 0 Å². The van der Waals surface area contributed by atoms with Crippen LogP contribution in [0.1, 0.15) is 17.5 Å². The van der Waals surface area contributed by atoms with E-state index in [2.05, 4.69) is 10.4 Å². The topological polar surface area (TPSA) is 117 Å². The van der Waals surface area contributed by atoms with Gasteiger partial charge in [-0.05, 0) is 0 Å². The molecule has 1 heterocycles. The minimum atomic E-state index is -0.334. The molecule has 0 saturated heterocycles. The van der Waals surface area contributed by atoms with E-state index in [0.717, 1.165) is 0 Å². The van der Waals surface area contributed by atoms with Crippen LogP contribution in [0.5, 0.6) is 0 Å². The fourth-order valence-corrected chi connectivity index (χ4v) is 0.751. The van der Waals surface area contributed by atoms with Gasteiger partial charge in [-0.2, -0.15) is 0 Å². The van der Waals surface area contributed by atoms with E-state index in [-0.39, 0.29) is 12.6 Å². The zero-order valence-corrected chi connectivity index (χ0v) is 6.03. The largest absolute Gasteiger partial charge is 0.340 e. The highest BCUT2D eigenvalue weighted by atomic mass is 16.5. The van der Waals surface area contributed by atoms with Gasteiger partial charge in [0, 0.05) is 11.8 Å². The van der Waals surface area contributed by atoms with Crippen LogP contribution in [0.3, 0.4) is 0 Å². The molecule has 6 heteroatoms. The van der Waals surface area contributed by atoms with Crippen molar-refractivity contribution in [3.63, 3.8) is 0 Å². The summed E-state index contributed by atoms with van der Waals surface area (Å²) in [4.78, 5) is 0. The van der Waals surface area contributed by atoms with Gasteiger partial charge in [0.2, 0.25) is 0 Å². The van der Waals surface area contributed by atoms with E-state index in [9.17, 15) is 0 Å². The molecule has 6 N–H and O–H groups in total. The lowest BCUT2D eigenvalue weighted by molar-refractivity contribution is 0.363. The van der Waals surface area contributed by atoms with E-state index in [4.69, 9.17) is 21.7 Å².